The molecule has 0 saturated carbocycles. The largest absolute Gasteiger partial charge is 0.369 e. The summed E-state index contributed by atoms with van der Waals surface area (Å²) in [7, 11) is 0. The van der Waals surface area contributed by atoms with Gasteiger partial charge in [0.2, 0.25) is 5.95 Å². The van der Waals surface area contributed by atoms with Crippen molar-refractivity contribution in [2.45, 2.75) is 13.5 Å². The molecule has 5 nitrogen and oxygen atoms in total. The molecule has 0 aliphatic heterocycles. The molecular formula is C13H12FN5. The summed E-state index contributed by atoms with van der Waals surface area (Å²) in [6.07, 6.45) is 1.70. The van der Waals surface area contributed by atoms with Crippen LogP contribution in [0, 0.1) is 12.7 Å². The maximum Gasteiger partial charge on any atom is 0.201 e. The van der Waals surface area contributed by atoms with E-state index in [0.29, 0.717) is 23.8 Å². The number of hydrogen-bond donors (Lipinski definition) is 1. The fourth-order valence-electron chi connectivity index (χ4n) is 2.04. The molecule has 2 aromatic heterocycles. The molecule has 6 heteroatoms. The van der Waals surface area contributed by atoms with Crippen LogP contribution < -0.4 is 5.73 Å². The van der Waals surface area contributed by atoms with Crippen LogP contribution in [0.3, 0.4) is 0 Å². The Bertz CT molecular complexity index is 750. The summed E-state index contributed by atoms with van der Waals surface area (Å²) in [6.45, 7) is 2.31. The van der Waals surface area contributed by atoms with E-state index in [1.54, 1.807) is 16.8 Å². The number of hydrogen-bond acceptors (Lipinski definition) is 4. The van der Waals surface area contributed by atoms with E-state index in [1.807, 2.05) is 13.0 Å². The van der Waals surface area contributed by atoms with Crippen LogP contribution in [0.25, 0.3) is 11.0 Å². The van der Waals surface area contributed by atoms with Crippen LogP contribution >= 0.6 is 0 Å². The smallest absolute Gasteiger partial charge is 0.201 e. The van der Waals surface area contributed by atoms with E-state index < -0.39 is 0 Å². The number of fused-ring (bicyclic) bond motifs is 1. The normalized spacial score (nSPS) is 11.1. The molecule has 0 spiro atoms. The van der Waals surface area contributed by atoms with Gasteiger partial charge in [-0.05, 0) is 25.1 Å². The quantitative estimate of drug-likeness (QED) is 0.761. The van der Waals surface area contributed by atoms with Crippen LogP contribution in [0.5, 0.6) is 0 Å². The fraction of sp³-hybridized carbons (Fsp3) is 0.154. The van der Waals surface area contributed by atoms with Crippen molar-refractivity contribution in [3.63, 3.8) is 0 Å². The number of imidazole rings is 1. The number of nitrogens with two attached hydrogens (primary N) is 1. The predicted octanol–water partition coefficient (Wildman–Crippen LogP) is 1.90. The summed E-state index contributed by atoms with van der Waals surface area (Å²) < 4.78 is 14.9. The topological polar surface area (TPSA) is 69.6 Å². The Kier molecular flexibility index (Phi) is 2.63. The molecular weight excluding hydrogens is 245 g/mol. The zero-order valence-electron chi connectivity index (χ0n) is 10.3. The summed E-state index contributed by atoms with van der Waals surface area (Å²) >= 11 is 0. The third-order valence-corrected chi connectivity index (χ3v) is 2.89. The summed E-state index contributed by atoms with van der Waals surface area (Å²) in [4.78, 5) is 12.5. The molecule has 0 radical (unpaired) electrons. The van der Waals surface area contributed by atoms with Gasteiger partial charge in [-0.15, -0.1) is 0 Å². The molecule has 19 heavy (non-hydrogen) atoms. The maximum absolute atomic E-state index is 13.1. The van der Waals surface area contributed by atoms with Crippen molar-refractivity contribution in [2.75, 3.05) is 5.73 Å². The van der Waals surface area contributed by atoms with Crippen LogP contribution in [0.15, 0.2) is 30.5 Å². The Morgan fingerprint density at radius 1 is 1.26 bits per heavy atom. The molecule has 0 saturated heterocycles. The number of nitrogens with zero attached hydrogens (tertiary/aromatic N) is 4. The summed E-state index contributed by atoms with van der Waals surface area (Å²) in [5, 5.41) is 0. The van der Waals surface area contributed by atoms with Crippen molar-refractivity contribution in [1.29, 1.82) is 0 Å². The van der Waals surface area contributed by atoms with Crippen LogP contribution in [0.2, 0.25) is 0 Å². The first-order chi connectivity index (χ1) is 9.13. The van der Waals surface area contributed by atoms with Gasteiger partial charge in [-0.25, -0.2) is 19.3 Å². The lowest BCUT2D eigenvalue weighted by Gasteiger charge is -2.06. The zero-order valence-corrected chi connectivity index (χ0v) is 10.3. The van der Waals surface area contributed by atoms with E-state index in [9.17, 15) is 4.39 Å². The maximum atomic E-state index is 13.1. The third-order valence-electron chi connectivity index (χ3n) is 2.89. The lowest BCUT2D eigenvalue weighted by Crippen LogP contribution is -2.06. The Morgan fingerprint density at radius 2 is 2.11 bits per heavy atom. The molecule has 96 valence electrons. The highest BCUT2D eigenvalue weighted by Gasteiger charge is 2.10. The zero-order chi connectivity index (χ0) is 13.4. The van der Waals surface area contributed by atoms with Gasteiger partial charge in [-0.3, -0.25) is 0 Å². The average Bonchev–Trinajstić information content (AvgIpc) is 2.65. The number of nitrogen functional groups attached to an aromatic ring is 1. The minimum atomic E-state index is -0.324. The second kappa shape index (κ2) is 4.31. The lowest BCUT2D eigenvalue weighted by molar-refractivity contribution is 0.629. The standard InChI is InChI=1S/C13H12FN5/c1-8-16-5-4-10(17-8)7-19-12-3-2-9(14)6-11(12)18-13(19)15/h2-6H,7H2,1H3,(H2,15,18). The Morgan fingerprint density at radius 3 is 2.89 bits per heavy atom. The molecule has 2 heterocycles. The molecule has 3 rings (SSSR count). The molecule has 0 bridgehead atoms. The van der Waals surface area contributed by atoms with Gasteiger partial charge in [0, 0.05) is 12.3 Å². The van der Waals surface area contributed by atoms with Crippen molar-refractivity contribution in [2.24, 2.45) is 0 Å². The second-order valence-electron chi connectivity index (χ2n) is 4.28. The summed E-state index contributed by atoms with van der Waals surface area (Å²) in [5.74, 6) is 0.721. The number of anilines is 1. The third kappa shape index (κ3) is 2.12. The number of aromatic nitrogens is 4. The molecule has 1 aromatic carbocycles. The van der Waals surface area contributed by atoms with Gasteiger partial charge in [0.05, 0.1) is 23.3 Å². The summed E-state index contributed by atoms with van der Waals surface area (Å²) in [5.41, 5.74) is 8.04. The van der Waals surface area contributed by atoms with Crippen LogP contribution in [-0.4, -0.2) is 19.5 Å². The van der Waals surface area contributed by atoms with Crippen molar-refractivity contribution in [3.8, 4) is 0 Å². The van der Waals surface area contributed by atoms with Crippen molar-refractivity contribution < 1.29 is 4.39 Å². The van der Waals surface area contributed by atoms with E-state index in [4.69, 9.17) is 5.73 Å². The minimum absolute atomic E-state index is 0.324. The van der Waals surface area contributed by atoms with Gasteiger partial charge in [0.15, 0.2) is 0 Å². The molecule has 0 fully saturated rings. The Hall–Kier alpha value is -2.50. The van der Waals surface area contributed by atoms with E-state index in [2.05, 4.69) is 15.0 Å². The highest BCUT2D eigenvalue weighted by molar-refractivity contribution is 5.78. The predicted molar refractivity (Wildman–Crippen MR) is 70.0 cm³/mol. The van der Waals surface area contributed by atoms with Crippen molar-refractivity contribution in [1.82, 2.24) is 19.5 Å². The average molecular weight is 257 g/mol. The van der Waals surface area contributed by atoms with Crippen molar-refractivity contribution >= 4 is 17.0 Å². The van der Waals surface area contributed by atoms with E-state index in [0.717, 1.165) is 11.2 Å². The van der Waals surface area contributed by atoms with Gasteiger partial charge < -0.3 is 10.3 Å². The lowest BCUT2D eigenvalue weighted by atomic mass is 10.3. The van der Waals surface area contributed by atoms with Gasteiger partial charge in [0.1, 0.15) is 11.6 Å². The van der Waals surface area contributed by atoms with Gasteiger partial charge >= 0.3 is 0 Å². The van der Waals surface area contributed by atoms with Crippen LogP contribution in [0.1, 0.15) is 11.5 Å². The number of rotatable bonds is 2. The molecule has 0 amide bonds. The van der Waals surface area contributed by atoms with Gasteiger partial charge in [-0.1, -0.05) is 0 Å². The molecule has 0 aliphatic rings. The van der Waals surface area contributed by atoms with Crippen molar-refractivity contribution in [3.05, 3.63) is 47.8 Å². The molecule has 0 atom stereocenters. The molecule has 2 N–H and O–H groups in total. The van der Waals surface area contributed by atoms with E-state index in [1.165, 1.54) is 12.1 Å². The number of aryl methyl sites for hydroxylation is 1. The molecule has 0 aliphatic carbocycles. The second-order valence-corrected chi connectivity index (χ2v) is 4.28. The number of halogens is 1. The molecule has 0 unspecified atom stereocenters. The van der Waals surface area contributed by atoms with Gasteiger partial charge in [-0.2, -0.15) is 0 Å². The Labute approximate surface area is 108 Å². The highest BCUT2D eigenvalue weighted by Crippen LogP contribution is 2.19. The number of benzene rings is 1. The first-order valence-electron chi connectivity index (χ1n) is 5.83. The Balaban J connectivity index is 2.07. The fourth-order valence-corrected chi connectivity index (χ4v) is 2.04. The SMILES string of the molecule is Cc1nccc(Cn2c(N)nc3cc(F)ccc32)n1. The highest BCUT2D eigenvalue weighted by atomic mass is 19.1. The first-order valence-corrected chi connectivity index (χ1v) is 5.83. The minimum Gasteiger partial charge on any atom is -0.369 e. The van der Waals surface area contributed by atoms with E-state index >= 15 is 0 Å². The van der Waals surface area contributed by atoms with Gasteiger partial charge in [0.25, 0.3) is 0 Å². The van der Waals surface area contributed by atoms with E-state index in [-0.39, 0.29) is 5.82 Å². The first kappa shape index (κ1) is 11.6. The van der Waals surface area contributed by atoms with Crippen LogP contribution in [-0.2, 0) is 6.54 Å². The monoisotopic (exact) mass is 257 g/mol. The summed E-state index contributed by atoms with van der Waals surface area (Å²) in [6, 6.07) is 6.25. The molecule has 3 aromatic rings. The van der Waals surface area contributed by atoms with Crippen LogP contribution in [0.4, 0.5) is 10.3 Å².